The van der Waals surface area contributed by atoms with E-state index in [1.54, 1.807) is 0 Å². The van der Waals surface area contributed by atoms with Gasteiger partial charge in [-0.15, -0.1) is 5.23 Å². The average Bonchev–Trinajstić information content (AvgIpc) is 3.04. The number of fused-ring (bicyclic) bond motifs is 3. The number of nitrogens with zero attached hydrogens (tertiary/aromatic N) is 1. The number of benzene rings is 1. The molecule has 1 saturated carbocycles. The van der Waals surface area contributed by atoms with Crippen LogP contribution in [0.2, 0.25) is 0 Å². The fourth-order valence-electron chi connectivity index (χ4n) is 5.80. The van der Waals surface area contributed by atoms with E-state index in [1.165, 1.54) is 30.3 Å². The monoisotopic (exact) mass is 433 g/mol. The Kier molecular flexibility index (Phi) is 5.13. The third kappa shape index (κ3) is 3.15. The summed E-state index contributed by atoms with van der Waals surface area (Å²) in [6.07, 6.45) is 2.63. The summed E-state index contributed by atoms with van der Waals surface area (Å²) >= 11 is 0. The predicted molar refractivity (Wildman–Crippen MR) is 106 cm³/mol. The van der Waals surface area contributed by atoms with Crippen LogP contribution in [0.1, 0.15) is 43.5 Å². The summed E-state index contributed by atoms with van der Waals surface area (Å²) in [6, 6.07) is 5.45. The lowest BCUT2D eigenvalue weighted by Crippen LogP contribution is -2.65. The van der Waals surface area contributed by atoms with E-state index in [2.05, 4.69) is 0 Å². The molecule has 1 aromatic carbocycles. The van der Waals surface area contributed by atoms with Crippen LogP contribution in [-0.4, -0.2) is 57.5 Å². The van der Waals surface area contributed by atoms with E-state index in [9.17, 15) is 19.8 Å². The molecule has 2 aliphatic carbocycles. The molecule has 0 bridgehead atoms. The Bertz CT molecular complexity index is 928. The molecule has 0 aromatic heterocycles. The Morgan fingerprint density at radius 1 is 1.23 bits per heavy atom. The van der Waals surface area contributed by atoms with Crippen LogP contribution >= 0.6 is 0 Å². The summed E-state index contributed by atoms with van der Waals surface area (Å²) in [5.74, 6) is -1.74. The first-order valence-electron chi connectivity index (χ1n) is 10.3. The molecule has 1 aromatic rings. The third-order valence-corrected chi connectivity index (χ3v) is 7.50. The topological polar surface area (TPSA) is 137 Å². The SMILES string of the molecule is C[C@]1(CO)CCC[C@@]2(C)[C@H]1[C@H](OC(=O)c1ccc(N(O)O)cc1)C=C1C(=O)OC[C@@]12O. The Morgan fingerprint density at radius 2 is 1.90 bits per heavy atom. The van der Waals surface area contributed by atoms with Crippen molar-refractivity contribution in [3.8, 4) is 0 Å². The number of carbonyl (C=O) groups excluding carboxylic acids is 2. The Morgan fingerprint density at radius 3 is 2.52 bits per heavy atom. The van der Waals surface area contributed by atoms with E-state index < -0.39 is 40.4 Å². The molecule has 168 valence electrons. The highest BCUT2D eigenvalue weighted by molar-refractivity contribution is 5.94. The van der Waals surface area contributed by atoms with Crippen LogP contribution in [0.25, 0.3) is 0 Å². The smallest absolute Gasteiger partial charge is 0.338 e. The predicted octanol–water partition coefficient (Wildman–Crippen LogP) is 1.83. The molecule has 1 saturated heterocycles. The molecular weight excluding hydrogens is 406 g/mol. The molecule has 0 unspecified atom stereocenters. The summed E-state index contributed by atoms with van der Waals surface area (Å²) in [7, 11) is 0. The molecule has 9 heteroatoms. The zero-order valence-electron chi connectivity index (χ0n) is 17.4. The van der Waals surface area contributed by atoms with Crippen molar-refractivity contribution in [2.45, 2.75) is 44.8 Å². The second-order valence-corrected chi connectivity index (χ2v) is 9.28. The van der Waals surface area contributed by atoms with Crippen LogP contribution in [0.15, 0.2) is 35.9 Å². The Hall–Kier alpha value is -2.46. The molecule has 1 heterocycles. The van der Waals surface area contributed by atoms with Crippen molar-refractivity contribution in [3.63, 3.8) is 0 Å². The van der Waals surface area contributed by atoms with Gasteiger partial charge < -0.3 is 19.7 Å². The minimum Gasteiger partial charge on any atom is -0.459 e. The molecular formula is C22H27NO8. The molecule has 0 radical (unpaired) electrons. The van der Waals surface area contributed by atoms with E-state index >= 15 is 0 Å². The van der Waals surface area contributed by atoms with Gasteiger partial charge in [0.2, 0.25) is 0 Å². The highest BCUT2D eigenvalue weighted by Crippen LogP contribution is 2.63. The van der Waals surface area contributed by atoms with Crippen molar-refractivity contribution in [3.05, 3.63) is 41.5 Å². The molecule has 4 N–H and O–H groups in total. The maximum atomic E-state index is 12.9. The van der Waals surface area contributed by atoms with Gasteiger partial charge in [0.1, 0.15) is 18.3 Å². The molecule has 2 fully saturated rings. The normalized spacial score (nSPS) is 36.7. The largest absolute Gasteiger partial charge is 0.459 e. The van der Waals surface area contributed by atoms with Crippen molar-refractivity contribution in [2.24, 2.45) is 16.7 Å². The standard InChI is InChI=1S/C22H27NO8/c1-20(11-24)8-3-9-21(2)17(20)16(10-15-19(26)30-12-22(15,21)27)31-18(25)13-4-6-14(7-5-13)23(28)29/h4-7,10,16-17,24,27-29H,3,8-9,11-12H2,1-2H3/t16-,17+,20-,21+,22-/m1/s1. The lowest BCUT2D eigenvalue weighted by Gasteiger charge is -2.60. The first-order valence-corrected chi connectivity index (χ1v) is 10.3. The quantitative estimate of drug-likeness (QED) is 0.414. The molecule has 9 nitrogen and oxygen atoms in total. The van der Waals surface area contributed by atoms with Gasteiger partial charge >= 0.3 is 11.9 Å². The van der Waals surface area contributed by atoms with E-state index in [0.717, 1.165) is 6.42 Å². The Labute approximate surface area is 179 Å². The molecule has 4 rings (SSSR count). The highest BCUT2D eigenvalue weighted by Gasteiger charge is 2.68. The van der Waals surface area contributed by atoms with Gasteiger partial charge in [0.25, 0.3) is 0 Å². The van der Waals surface area contributed by atoms with Gasteiger partial charge in [-0.2, -0.15) is 0 Å². The zero-order valence-corrected chi connectivity index (χ0v) is 17.4. The van der Waals surface area contributed by atoms with Crippen LogP contribution in [0.3, 0.4) is 0 Å². The minimum absolute atomic E-state index is 0.0621. The number of aliphatic hydroxyl groups excluding tert-OH is 1. The maximum absolute atomic E-state index is 12.9. The number of hydrogen-bond acceptors (Lipinski definition) is 9. The highest BCUT2D eigenvalue weighted by atomic mass is 16.8. The van der Waals surface area contributed by atoms with E-state index in [1.807, 2.05) is 13.8 Å². The second kappa shape index (κ2) is 7.30. The van der Waals surface area contributed by atoms with Gasteiger partial charge in [-0.3, -0.25) is 10.4 Å². The average molecular weight is 433 g/mol. The summed E-state index contributed by atoms with van der Waals surface area (Å²) < 4.78 is 11.0. The van der Waals surface area contributed by atoms with Crippen LogP contribution in [0.5, 0.6) is 0 Å². The number of aliphatic hydroxyl groups is 2. The van der Waals surface area contributed by atoms with Crippen LogP contribution in [-0.2, 0) is 14.3 Å². The number of esters is 2. The first kappa shape index (κ1) is 21.8. The summed E-state index contributed by atoms with van der Waals surface area (Å²) in [4.78, 5) is 25.3. The van der Waals surface area contributed by atoms with Crippen molar-refractivity contribution >= 4 is 17.6 Å². The lowest BCUT2D eigenvalue weighted by atomic mass is 9.46. The zero-order chi connectivity index (χ0) is 22.6. The lowest BCUT2D eigenvalue weighted by molar-refractivity contribution is -0.185. The van der Waals surface area contributed by atoms with Gasteiger partial charge in [-0.1, -0.05) is 20.3 Å². The number of hydrogen-bond donors (Lipinski definition) is 4. The molecule has 0 spiro atoms. The molecule has 5 atom stereocenters. The number of ether oxygens (including phenoxy) is 2. The fourth-order valence-corrected chi connectivity index (χ4v) is 5.80. The van der Waals surface area contributed by atoms with Crippen LogP contribution in [0, 0.1) is 16.7 Å². The van der Waals surface area contributed by atoms with Crippen molar-refractivity contribution in [2.75, 3.05) is 18.4 Å². The minimum atomic E-state index is -1.51. The number of carbonyl (C=O) groups is 2. The summed E-state index contributed by atoms with van der Waals surface area (Å²) in [6.45, 7) is 3.45. The van der Waals surface area contributed by atoms with Gasteiger partial charge in [0, 0.05) is 17.9 Å². The second-order valence-electron chi connectivity index (χ2n) is 9.28. The van der Waals surface area contributed by atoms with Gasteiger partial charge in [-0.05, 0) is 48.6 Å². The number of rotatable bonds is 4. The van der Waals surface area contributed by atoms with Crippen molar-refractivity contribution in [1.82, 2.24) is 0 Å². The number of cyclic esters (lactones) is 1. The molecule has 31 heavy (non-hydrogen) atoms. The Balaban J connectivity index is 1.73. The molecule has 3 aliphatic rings. The summed E-state index contributed by atoms with van der Waals surface area (Å²) in [5, 5.41) is 39.8. The van der Waals surface area contributed by atoms with Gasteiger partial charge in [-0.25, -0.2) is 9.59 Å². The number of anilines is 1. The first-order chi connectivity index (χ1) is 14.6. The van der Waals surface area contributed by atoms with E-state index in [0.29, 0.717) is 12.8 Å². The maximum Gasteiger partial charge on any atom is 0.338 e. The molecule has 1 aliphatic heterocycles. The van der Waals surface area contributed by atoms with E-state index in [-0.39, 0.29) is 35.3 Å². The van der Waals surface area contributed by atoms with Crippen molar-refractivity contribution in [1.29, 1.82) is 0 Å². The molecule has 0 amide bonds. The van der Waals surface area contributed by atoms with E-state index in [4.69, 9.17) is 19.9 Å². The van der Waals surface area contributed by atoms with Crippen LogP contribution in [0.4, 0.5) is 5.69 Å². The van der Waals surface area contributed by atoms with Gasteiger partial charge in [0.05, 0.1) is 16.8 Å². The van der Waals surface area contributed by atoms with Crippen molar-refractivity contribution < 1.29 is 39.7 Å². The van der Waals surface area contributed by atoms with Gasteiger partial charge in [0.15, 0.2) is 0 Å². The fraction of sp³-hybridized carbons (Fsp3) is 0.545. The summed E-state index contributed by atoms with van der Waals surface area (Å²) in [5.41, 5.74) is -2.65. The third-order valence-electron chi connectivity index (χ3n) is 7.50. The van der Waals surface area contributed by atoms with Crippen LogP contribution < -0.4 is 5.23 Å².